The molecule has 9 heteroatoms. The second-order valence-electron chi connectivity index (χ2n) is 10.1. The zero-order valence-electron chi connectivity index (χ0n) is 19.8. The van der Waals surface area contributed by atoms with Crippen LogP contribution in [0.1, 0.15) is 63.0 Å². The zero-order chi connectivity index (χ0) is 24.9. The number of aromatic nitrogens is 1. The molecule has 34 heavy (non-hydrogen) atoms. The van der Waals surface area contributed by atoms with Crippen molar-refractivity contribution in [2.24, 2.45) is 5.41 Å². The minimum Gasteiger partial charge on any atom is -0.461 e. The van der Waals surface area contributed by atoms with Crippen LogP contribution in [0.5, 0.6) is 5.75 Å². The first-order valence-corrected chi connectivity index (χ1v) is 13.1. The van der Waals surface area contributed by atoms with E-state index in [2.05, 4.69) is 4.98 Å². The van der Waals surface area contributed by atoms with Crippen LogP contribution in [-0.2, 0) is 20.0 Å². The number of carbonyl (C=O) groups excluding carboxylic acids is 2. The molecule has 0 spiro atoms. The Morgan fingerprint density at radius 3 is 2.53 bits per heavy atom. The summed E-state index contributed by atoms with van der Waals surface area (Å²) in [6.45, 7) is 6.80. The molecule has 0 bridgehead atoms. The predicted octanol–water partition coefficient (Wildman–Crippen LogP) is 4.52. The largest absolute Gasteiger partial charge is 0.461 e. The van der Waals surface area contributed by atoms with Gasteiger partial charge in [-0.2, -0.15) is 0 Å². The van der Waals surface area contributed by atoms with Gasteiger partial charge in [-0.15, -0.1) is 0 Å². The molecule has 0 saturated carbocycles. The van der Waals surface area contributed by atoms with E-state index < -0.39 is 27.0 Å². The van der Waals surface area contributed by atoms with Crippen molar-refractivity contribution in [3.05, 3.63) is 47.8 Å². The van der Waals surface area contributed by atoms with Crippen molar-refractivity contribution in [3.8, 4) is 5.75 Å². The first-order valence-electron chi connectivity index (χ1n) is 11.3. The van der Waals surface area contributed by atoms with Crippen LogP contribution in [0.3, 0.4) is 0 Å². The van der Waals surface area contributed by atoms with Crippen molar-refractivity contribution < 1.29 is 27.1 Å². The van der Waals surface area contributed by atoms with Crippen LogP contribution >= 0.6 is 0 Å². The molecule has 2 aliphatic rings. The average Bonchev–Trinajstić information content (AvgIpc) is 2.95. The zero-order valence-corrected chi connectivity index (χ0v) is 20.6. The quantitative estimate of drug-likeness (QED) is 0.555. The van der Waals surface area contributed by atoms with E-state index in [1.165, 1.54) is 18.0 Å². The van der Waals surface area contributed by atoms with Gasteiger partial charge >= 0.3 is 0 Å². The number of pyridine rings is 1. The van der Waals surface area contributed by atoms with Gasteiger partial charge in [-0.25, -0.2) is 12.8 Å². The highest BCUT2D eigenvalue weighted by Gasteiger charge is 2.45. The number of benzene rings is 1. The molecule has 3 heterocycles. The monoisotopic (exact) mass is 488 g/mol. The number of Topliss-reactive ketones (excluding diaryl/α,β-unsaturated/α-hetero) is 1. The summed E-state index contributed by atoms with van der Waals surface area (Å²) in [5.74, 6) is 0.125. The van der Waals surface area contributed by atoms with Crippen LogP contribution in [0.2, 0.25) is 0 Å². The number of hydrogen-bond acceptors (Lipinski definition) is 6. The highest BCUT2D eigenvalue weighted by atomic mass is 32.2. The Morgan fingerprint density at radius 2 is 1.88 bits per heavy atom. The second kappa shape index (κ2) is 8.45. The van der Waals surface area contributed by atoms with Gasteiger partial charge in [-0.05, 0) is 55.9 Å². The van der Waals surface area contributed by atoms with Crippen LogP contribution in [0.25, 0.3) is 0 Å². The summed E-state index contributed by atoms with van der Waals surface area (Å²) in [4.78, 5) is 32.4. The fourth-order valence-corrected chi connectivity index (χ4v) is 6.42. The van der Waals surface area contributed by atoms with Gasteiger partial charge < -0.3 is 4.74 Å². The molecule has 1 atom stereocenters. The number of amides is 1. The number of sulfone groups is 1. The van der Waals surface area contributed by atoms with E-state index >= 15 is 0 Å². The lowest BCUT2D eigenvalue weighted by atomic mass is 9.78. The van der Waals surface area contributed by atoms with Crippen molar-refractivity contribution in [3.63, 3.8) is 0 Å². The Morgan fingerprint density at radius 1 is 1.21 bits per heavy atom. The van der Waals surface area contributed by atoms with Crippen molar-refractivity contribution in [2.45, 2.75) is 58.7 Å². The Kier molecular flexibility index (Phi) is 6.04. The molecule has 2 aromatic rings. The topological polar surface area (TPSA) is 93.6 Å². The van der Waals surface area contributed by atoms with Crippen LogP contribution in [0, 0.1) is 5.41 Å². The van der Waals surface area contributed by atoms with Gasteiger partial charge in [0.2, 0.25) is 12.3 Å². The molecule has 1 unspecified atom stereocenters. The van der Waals surface area contributed by atoms with Crippen molar-refractivity contribution in [1.29, 1.82) is 0 Å². The van der Waals surface area contributed by atoms with Gasteiger partial charge in [0, 0.05) is 19.4 Å². The molecule has 7 nitrogen and oxygen atoms in total. The molecular weight excluding hydrogens is 459 g/mol. The van der Waals surface area contributed by atoms with E-state index in [-0.39, 0.29) is 35.3 Å². The van der Waals surface area contributed by atoms with E-state index in [0.717, 1.165) is 0 Å². The minimum absolute atomic E-state index is 0.0921. The first kappa shape index (κ1) is 24.3. The molecule has 1 saturated heterocycles. The summed E-state index contributed by atoms with van der Waals surface area (Å²) in [5, 5.41) is 0. The number of anilines is 2. The van der Waals surface area contributed by atoms with Crippen LogP contribution < -0.4 is 9.64 Å². The minimum atomic E-state index is -3.03. The van der Waals surface area contributed by atoms with Crippen molar-refractivity contribution >= 4 is 32.9 Å². The lowest BCUT2D eigenvalue weighted by Gasteiger charge is -2.32. The molecule has 1 aromatic heterocycles. The van der Waals surface area contributed by atoms with Gasteiger partial charge in [0.25, 0.3) is 0 Å². The van der Waals surface area contributed by atoms with Crippen molar-refractivity contribution in [1.82, 2.24) is 4.98 Å². The fraction of sp³-hybridized carbons (Fsp3) is 0.480. The Hall–Kier alpha value is -2.81. The lowest BCUT2D eigenvalue weighted by Crippen LogP contribution is -2.33. The number of fused-ring (bicyclic) bond motifs is 1. The van der Waals surface area contributed by atoms with Crippen LogP contribution in [-0.4, -0.2) is 43.0 Å². The van der Waals surface area contributed by atoms with Gasteiger partial charge in [-0.1, -0.05) is 13.0 Å². The fourth-order valence-electron chi connectivity index (χ4n) is 4.61. The maximum absolute atomic E-state index is 13.4. The molecule has 1 fully saturated rings. The first-order chi connectivity index (χ1) is 15.8. The van der Waals surface area contributed by atoms with E-state index in [1.807, 2.05) is 6.92 Å². The third kappa shape index (κ3) is 4.58. The van der Waals surface area contributed by atoms with E-state index in [9.17, 15) is 22.4 Å². The number of rotatable bonds is 6. The Balaban J connectivity index is 1.63. The van der Waals surface area contributed by atoms with Gasteiger partial charge in [0.1, 0.15) is 21.3 Å². The van der Waals surface area contributed by atoms with Gasteiger partial charge in [-0.3, -0.25) is 19.5 Å². The third-order valence-electron chi connectivity index (χ3n) is 6.82. The number of alkyl halides is 1. The smallest absolute Gasteiger partial charge is 0.241 e. The number of hydrogen-bond donors (Lipinski definition) is 0. The number of carbonyl (C=O) groups is 2. The van der Waals surface area contributed by atoms with Gasteiger partial charge in [0.05, 0.1) is 34.5 Å². The molecule has 1 aromatic carbocycles. The average molecular weight is 489 g/mol. The maximum atomic E-state index is 13.4. The van der Waals surface area contributed by atoms with E-state index in [1.54, 1.807) is 44.2 Å². The summed E-state index contributed by atoms with van der Waals surface area (Å²) >= 11 is 0. The summed E-state index contributed by atoms with van der Waals surface area (Å²) in [7, 11) is -3.03. The third-order valence-corrected chi connectivity index (χ3v) is 8.47. The SMILES string of the molecule is CC(F)Oc1cccc(N2C(=O)C(C)(C)c3cc(C(=O)CC4(C)CCS(=O)(=O)CC4)ncc32)c1. The summed E-state index contributed by atoms with van der Waals surface area (Å²) in [6.07, 6.45) is 1.12. The van der Waals surface area contributed by atoms with E-state index in [4.69, 9.17) is 4.74 Å². The normalized spacial score (nSPS) is 21.1. The molecule has 0 aliphatic carbocycles. The molecule has 2 aliphatic heterocycles. The number of halogens is 1. The summed E-state index contributed by atoms with van der Waals surface area (Å²) < 4.78 is 42.0. The Bertz CT molecular complexity index is 1240. The highest BCUT2D eigenvalue weighted by Crippen LogP contribution is 2.46. The molecule has 0 N–H and O–H groups in total. The standard InChI is InChI=1S/C25H29FN2O5S/c1-16(26)33-18-7-5-6-17(12-18)28-21-15-27-20(13-19(21)24(2,3)23(28)30)22(29)14-25(4)8-10-34(31,32)11-9-25/h5-7,12-13,15-16H,8-11,14H2,1-4H3. The van der Waals surface area contributed by atoms with E-state index in [0.29, 0.717) is 35.5 Å². The maximum Gasteiger partial charge on any atom is 0.241 e. The van der Waals surface area contributed by atoms with Crippen LogP contribution in [0.15, 0.2) is 36.5 Å². The number of ketones is 1. The van der Waals surface area contributed by atoms with Crippen LogP contribution in [0.4, 0.5) is 15.8 Å². The molecular formula is C25H29FN2O5S. The summed E-state index contributed by atoms with van der Waals surface area (Å²) in [6, 6.07) is 8.29. The summed E-state index contributed by atoms with van der Waals surface area (Å²) in [5.41, 5.74) is 0.727. The molecule has 4 rings (SSSR count). The number of ether oxygens (including phenoxy) is 1. The van der Waals surface area contributed by atoms with Gasteiger partial charge in [0.15, 0.2) is 5.78 Å². The number of nitrogens with zero attached hydrogens (tertiary/aromatic N) is 2. The Labute approximate surface area is 199 Å². The molecule has 182 valence electrons. The molecule has 0 radical (unpaired) electrons. The lowest BCUT2D eigenvalue weighted by molar-refractivity contribution is -0.121. The highest BCUT2D eigenvalue weighted by molar-refractivity contribution is 7.91. The predicted molar refractivity (Wildman–Crippen MR) is 127 cm³/mol. The second-order valence-corrected chi connectivity index (χ2v) is 12.4. The van der Waals surface area contributed by atoms with Crippen molar-refractivity contribution in [2.75, 3.05) is 16.4 Å². The molecule has 1 amide bonds.